The molecule has 9 nitrogen and oxygen atoms in total. The van der Waals surface area contributed by atoms with E-state index in [1.807, 2.05) is 6.07 Å². The molecule has 1 N–H and O–H groups in total. The molecule has 26 heavy (non-hydrogen) atoms. The van der Waals surface area contributed by atoms with Gasteiger partial charge in [0.05, 0.1) is 11.6 Å². The summed E-state index contributed by atoms with van der Waals surface area (Å²) in [4.78, 5) is 22.6. The van der Waals surface area contributed by atoms with E-state index in [2.05, 4.69) is 25.3 Å². The summed E-state index contributed by atoms with van der Waals surface area (Å²) in [7, 11) is 0. The normalized spacial score (nSPS) is 21.5. The predicted octanol–water partition coefficient (Wildman–Crippen LogP) is 0.894. The van der Waals surface area contributed by atoms with Crippen LogP contribution in [-0.4, -0.2) is 52.4 Å². The number of nitrogens with zero attached hydrogens (tertiary/aromatic N) is 5. The van der Waals surface area contributed by atoms with Gasteiger partial charge in [-0.25, -0.2) is 9.97 Å². The minimum atomic E-state index is -0.374. The van der Waals surface area contributed by atoms with Crippen LogP contribution >= 0.6 is 0 Å². The van der Waals surface area contributed by atoms with Gasteiger partial charge in [0.1, 0.15) is 18.2 Å². The molecule has 1 atom stereocenters. The summed E-state index contributed by atoms with van der Waals surface area (Å²) in [6.45, 7) is 2.09. The average molecular weight is 354 g/mol. The molecule has 2 aromatic rings. The summed E-state index contributed by atoms with van der Waals surface area (Å²) in [5, 5.41) is 15.7. The van der Waals surface area contributed by atoms with E-state index in [0.29, 0.717) is 6.61 Å². The molecule has 1 amide bonds. The van der Waals surface area contributed by atoms with Gasteiger partial charge >= 0.3 is 0 Å². The minimum Gasteiger partial charge on any atom is -0.373 e. The average Bonchev–Trinajstić information content (AvgIpc) is 3.34. The largest absolute Gasteiger partial charge is 0.373 e. The molecule has 4 heterocycles. The van der Waals surface area contributed by atoms with Gasteiger partial charge in [0.25, 0.3) is 5.91 Å². The topological polar surface area (TPSA) is 117 Å². The predicted molar refractivity (Wildman–Crippen MR) is 89.3 cm³/mol. The van der Waals surface area contributed by atoms with Crippen molar-refractivity contribution in [2.75, 3.05) is 24.6 Å². The summed E-state index contributed by atoms with van der Waals surface area (Å²) in [6, 6.07) is 5.25. The number of carbonyl (C=O) groups is 1. The van der Waals surface area contributed by atoms with Crippen molar-refractivity contribution in [3.05, 3.63) is 36.1 Å². The lowest BCUT2D eigenvalue weighted by Crippen LogP contribution is -2.55. The van der Waals surface area contributed by atoms with Crippen LogP contribution < -0.4 is 10.2 Å². The van der Waals surface area contributed by atoms with Crippen LogP contribution in [0.5, 0.6) is 0 Å². The van der Waals surface area contributed by atoms with E-state index in [0.717, 1.165) is 38.2 Å². The molecule has 2 aromatic heterocycles. The first-order valence-electron chi connectivity index (χ1n) is 8.53. The van der Waals surface area contributed by atoms with Crippen molar-refractivity contribution in [1.29, 1.82) is 5.26 Å². The summed E-state index contributed by atoms with van der Waals surface area (Å²) < 4.78 is 10.8. The zero-order chi connectivity index (χ0) is 18.0. The van der Waals surface area contributed by atoms with Gasteiger partial charge in [-0.2, -0.15) is 5.26 Å². The molecular weight excluding hydrogens is 336 g/mol. The van der Waals surface area contributed by atoms with E-state index in [1.54, 1.807) is 18.3 Å². The Bertz CT molecular complexity index is 823. The van der Waals surface area contributed by atoms with Crippen molar-refractivity contribution in [2.45, 2.75) is 30.9 Å². The molecule has 2 fully saturated rings. The van der Waals surface area contributed by atoms with Gasteiger partial charge in [-0.05, 0) is 25.3 Å². The Morgan fingerprint density at radius 1 is 1.38 bits per heavy atom. The van der Waals surface area contributed by atoms with Crippen LogP contribution in [0.25, 0.3) is 0 Å². The number of ether oxygens (including phenoxy) is 1. The van der Waals surface area contributed by atoms with E-state index in [-0.39, 0.29) is 29.1 Å². The van der Waals surface area contributed by atoms with Crippen molar-refractivity contribution >= 4 is 11.7 Å². The number of carbonyl (C=O) groups excluding carboxylic acids is 1. The molecule has 0 aliphatic carbocycles. The third kappa shape index (κ3) is 2.99. The van der Waals surface area contributed by atoms with E-state index in [4.69, 9.17) is 14.5 Å². The lowest BCUT2D eigenvalue weighted by Gasteiger charge is -2.42. The number of aromatic nitrogens is 3. The second kappa shape index (κ2) is 6.72. The summed E-state index contributed by atoms with van der Waals surface area (Å²) >= 11 is 0. The molecule has 4 rings (SSSR count). The highest BCUT2D eigenvalue weighted by Gasteiger charge is 2.47. The molecule has 0 saturated carbocycles. The molecule has 1 unspecified atom stereocenters. The van der Waals surface area contributed by atoms with E-state index in [1.165, 1.54) is 6.26 Å². The van der Waals surface area contributed by atoms with Crippen LogP contribution in [0.15, 0.2) is 29.1 Å². The van der Waals surface area contributed by atoms with Gasteiger partial charge in [0, 0.05) is 32.0 Å². The van der Waals surface area contributed by atoms with E-state index in [9.17, 15) is 4.79 Å². The highest BCUT2D eigenvalue weighted by Crippen LogP contribution is 2.37. The van der Waals surface area contributed by atoms with Crippen molar-refractivity contribution in [3.63, 3.8) is 0 Å². The number of hydrogen-bond acceptors (Lipinski definition) is 8. The number of hydrogen-bond donors (Lipinski definition) is 1. The molecule has 2 aliphatic heterocycles. The van der Waals surface area contributed by atoms with Gasteiger partial charge in [-0.15, -0.1) is 0 Å². The van der Waals surface area contributed by atoms with Crippen LogP contribution in [-0.2, 0) is 4.74 Å². The molecule has 2 saturated heterocycles. The fourth-order valence-corrected chi connectivity index (χ4v) is 3.70. The lowest BCUT2D eigenvalue weighted by atomic mass is 9.84. The smallest absolute Gasteiger partial charge is 0.273 e. The molecule has 134 valence electrons. The van der Waals surface area contributed by atoms with Gasteiger partial charge in [0.2, 0.25) is 5.82 Å². The Morgan fingerprint density at radius 3 is 2.96 bits per heavy atom. The maximum atomic E-state index is 12.3. The summed E-state index contributed by atoms with van der Waals surface area (Å²) in [5.41, 5.74) is -0.101. The maximum absolute atomic E-state index is 12.3. The molecule has 2 aliphatic rings. The Balaban J connectivity index is 1.43. The SMILES string of the molecule is N#Cc1nccc(N2CCC3(CC2)OCCC3NC(=O)c2ccon2)n1. The van der Waals surface area contributed by atoms with Gasteiger partial charge in [0.15, 0.2) is 5.69 Å². The van der Waals surface area contributed by atoms with Crippen molar-refractivity contribution < 1.29 is 14.1 Å². The molecular formula is C17H18N6O3. The van der Waals surface area contributed by atoms with Crippen molar-refractivity contribution in [2.24, 2.45) is 0 Å². The summed E-state index contributed by atoms with van der Waals surface area (Å²) in [5.74, 6) is 0.663. The first-order valence-corrected chi connectivity index (χ1v) is 8.53. The Morgan fingerprint density at radius 2 is 2.23 bits per heavy atom. The standard InChI is InChI=1S/C17H18N6O3/c18-11-14-19-6-1-15(21-14)23-7-4-17(5-8-23)13(3-9-25-17)20-16(24)12-2-10-26-22-12/h1-2,6,10,13H,3-5,7-9H2,(H,20,24). The van der Waals surface area contributed by atoms with E-state index < -0.39 is 0 Å². The van der Waals surface area contributed by atoms with Crippen LogP contribution in [0.1, 0.15) is 35.6 Å². The Kier molecular flexibility index (Phi) is 4.26. The van der Waals surface area contributed by atoms with Crippen LogP contribution in [0.3, 0.4) is 0 Å². The minimum absolute atomic E-state index is 0.0612. The highest BCUT2D eigenvalue weighted by molar-refractivity contribution is 5.92. The monoisotopic (exact) mass is 354 g/mol. The first-order chi connectivity index (χ1) is 12.7. The highest BCUT2D eigenvalue weighted by atomic mass is 16.5. The number of nitriles is 1. The number of nitrogens with one attached hydrogen (secondary N) is 1. The van der Waals surface area contributed by atoms with Gasteiger partial charge in [-0.1, -0.05) is 5.16 Å². The number of rotatable bonds is 3. The quantitative estimate of drug-likeness (QED) is 0.864. The molecule has 0 aromatic carbocycles. The second-order valence-electron chi connectivity index (χ2n) is 6.45. The van der Waals surface area contributed by atoms with Crippen LogP contribution in [0.2, 0.25) is 0 Å². The Hall–Kier alpha value is -2.99. The fourth-order valence-electron chi connectivity index (χ4n) is 3.70. The maximum Gasteiger partial charge on any atom is 0.273 e. The molecule has 1 spiro atoms. The zero-order valence-corrected chi connectivity index (χ0v) is 14.1. The molecule has 0 radical (unpaired) electrons. The third-order valence-electron chi connectivity index (χ3n) is 5.08. The van der Waals surface area contributed by atoms with Crippen LogP contribution in [0, 0.1) is 11.3 Å². The number of piperidine rings is 1. The molecule has 9 heteroatoms. The molecule has 0 bridgehead atoms. The number of anilines is 1. The summed E-state index contributed by atoms with van der Waals surface area (Å²) in [6.07, 6.45) is 5.28. The second-order valence-corrected chi connectivity index (χ2v) is 6.45. The van der Waals surface area contributed by atoms with Gasteiger partial charge in [-0.3, -0.25) is 4.79 Å². The van der Waals surface area contributed by atoms with Crippen molar-refractivity contribution in [3.8, 4) is 6.07 Å². The Labute approximate surface area is 150 Å². The number of amides is 1. The first kappa shape index (κ1) is 16.5. The fraction of sp³-hybridized carbons (Fsp3) is 0.471. The van der Waals surface area contributed by atoms with E-state index >= 15 is 0 Å². The van der Waals surface area contributed by atoms with Gasteiger partial charge < -0.3 is 19.5 Å². The lowest BCUT2D eigenvalue weighted by molar-refractivity contribution is -0.0283. The van der Waals surface area contributed by atoms with Crippen LogP contribution in [0.4, 0.5) is 5.82 Å². The van der Waals surface area contributed by atoms with Crippen molar-refractivity contribution in [1.82, 2.24) is 20.4 Å². The third-order valence-corrected chi connectivity index (χ3v) is 5.08. The zero-order valence-electron chi connectivity index (χ0n) is 14.1.